The number of rotatable bonds is 3. The lowest BCUT2D eigenvalue weighted by molar-refractivity contribution is -0.0988. The predicted octanol–water partition coefficient (Wildman–Crippen LogP) is 6.61. The summed E-state index contributed by atoms with van der Waals surface area (Å²) in [6.45, 7) is 8.60. The fraction of sp³-hybridized carbons (Fsp3) is 0.462. The second kappa shape index (κ2) is 7.95. The Morgan fingerprint density at radius 1 is 1.10 bits per heavy atom. The van der Waals surface area contributed by atoms with Crippen LogP contribution in [0.4, 0.5) is 4.39 Å². The first-order valence-corrected chi connectivity index (χ1v) is 10.9. The Hall–Kier alpha value is -2.13. The van der Waals surface area contributed by atoms with Crippen LogP contribution in [0.5, 0.6) is 0 Å². The lowest BCUT2D eigenvalue weighted by Gasteiger charge is -2.59. The molecule has 156 valence electrons. The van der Waals surface area contributed by atoms with Gasteiger partial charge in [-0.1, -0.05) is 57.5 Å². The zero-order valence-corrected chi connectivity index (χ0v) is 17.9. The summed E-state index contributed by atoms with van der Waals surface area (Å²) in [7, 11) is 0. The van der Waals surface area contributed by atoms with Crippen molar-refractivity contribution < 1.29 is 5.82 Å². The minimum Gasteiger partial charge on any atom is -0.343 e. The van der Waals surface area contributed by atoms with Crippen LogP contribution in [0.15, 0.2) is 54.7 Å². The lowest BCUT2D eigenvalue weighted by Crippen LogP contribution is -2.51. The highest BCUT2D eigenvalue weighted by molar-refractivity contribution is 5.84. The molecule has 1 heterocycles. The van der Waals surface area contributed by atoms with E-state index in [1.807, 2.05) is 24.3 Å². The minimum atomic E-state index is -0.205. The fourth-order valence-corrected chi connectivity index (χ4v) is 5.58. The van der Waals surface area contributed by atoms with Crippen molar-refractivity contribution in [3.63, 3.8) is 0 Å². The average Bonchev–Trinajstić information content (AvgIpc) is 3.08. The molecule has 3 heteroatoms. The standard InChI is InChI=1S/C16H15FN2.C10H18.H2/c17-14-7-5-12(6-8-14)10-19-11-13(9-18)15-3-1-2-4-16(15)19;1-7-4-5-8-6-9(7)10(8,2)3;/h1-8,11H,9-10,18H2;7-9H,4-6H2,1-3H3;1H/t;7-,8+,9+;/m.0./s1. The molecule has 3 aliphatic rings. The van der Waals surface area contributed by atoms with Crippen molar-refractivity contribution in [1.82, 2.24) is 4.57 Å². The van der Waals surface area contributed by atoms with Crippen molar-refractivity contribution in [2.24, 2.45) is 28.9 Å². The van der Waals surface area contributed by atoms with Gasteiger partial charge in [0.15, 0.2) is 0 Å². The van der Waals surface area contributed by atoms with Crippen molar-refractivity contribution in [3.8, 4) is 0 Å². The molecule has 0 aliphatic heterocycles. The van der Waals surface area contributed by atoms with Gasteiger partial charge >= 0.3 is 0 Å². The van der Waals surface area contributed by atoms with Crippen LogP contribution in [0.1, 0.15) is 52.6 Å². The first-order chi connectivity index (χ1) is 13.9. The van der Waals surface area contributed by atoms with Crippen LogP contribution < -0.4 is 5.73 Å². The fourth-order valence-electron chi connectivity index (χ4n) is 5.58. The summed E-state index contributed by atoms with van der Waals surface area (Å²) < 4.78 is 15.1. The van der Waals surface area contributed by atoms with Gasteiger partial charge in [0.1, 0.15) is 5.82 Å². The van der Waals surface area contributed by atoms with Crippen molar-refractivity contribution >= 4 is 10.9 Å². The Labute approximate surface area is 175 Å². The van der Waals surface area contributed by atoms with E-state index in [0.29, 0.717) is 12.0 Å². The van der Waals surface area contributed by atoms with E-state index in [0.717, 1.165) is 40.9 Å². The van der Waals surface area contributed by atoms with Crippen molar-refractivity contribution in [2.75, 3.05) is 0 Å². The van der Waals surface area contributed by atoms with E-state index in [-0.39, 0.29) is 7.24 Å². The number of nitrogens with zero attached hydrogens (tertiary/aromatic N) is 1. The average molecular weight is 395 g/mol. The molecule has 2 aromatic carbocycles. The molecule has 0 spiro atoms. The second-order valence-corrected chi connectivity index (χ2v) is 9.55. The van der Waals surface area contributed by atoms with Gasteiger partial charge in [-0.3, -0.25) is 0 Å². The maximum absolute atomic E-state index is 12.9. The van der Waals surface area contributed by atoms with Crippen LogP contribution in [-0.2, 0) is 13.1 Å². The van der Waals surface area contributed by atoms with E-state index in [4.69, 9.17) is 5.73 Å². The molecule has 3 fully saturated rings. The molecule has 0 amide bonds. The molecular weight excluding hydrogens is 359 g/mol. The summed E-state index contributed by atoms with van der Waals surface area (Å²) in [5.74, 6) is 2.95. The van der Waals surface area contributed by atoms with E-state index in [2.05, 4.69) is 43.7 Å². The zero-order chi connectivity index (χ0) is 20.6. The van der Waals surface area contributed by atoms with Crippen LogP contribution in [-0.4, -0.2) is 4.57 Å². The third kappa shape index (κ3) is 3.85. The van der Waals surface area contributed by atoms with Gasteiger partial charge < -0.3 is 10.3 Å². The predicted molar refractivity (Wildman–Crippen MR) is 121 cm³/mol. The first-order valence-electron chi connectivity index (χ1n) is 10.9. The van der Waals surface area contributed by atoms with Crippen LogP contribution in [0.2, 0.25) is 0 Å². The monoisotopic (exact) mass is 394 g/mol. The number of hydrogen-bond donors (Lipinski definition) is 1. The maximum Gasteiger partial charge on any atom is 0.123 e. The van der Waals surface area contributed by atoms with E-state index in [1.165, 1.54) is 36.8 Å². The van der Waals surface area contributed by atoms with Crippen LogP contribution >= 0.6 is 0 Å². The highest BCUT2D eigenvalue weighted by Crippen LogP contribution is 2.61. The Kier molecular flexibility index (Phi) is 5.52. The molecule has 0 radical (unpaired) electrons. The van der Waals surface area contributed by atoms with Gasteiger partial charge in [-0.25, -0.2) is 4.39 Å². The molecule has 2 bridgehead atoms. The van der Waals surface area contributed by atoms with E-state index in [1.54, 1.807) is 0 Å². The molecular formula is C26H35FN2. The van der Waals surface area contributed by atoms with Gasteiger partial charge in [0.25, 0.3) is 0 Å². The van der Waals surface area contributed by atoms with Crippen LogP contribution in [0.25, 0.3) is 10.9 Å². The quantitative estimate of drug-likeness (QED) is 0.532. The Bertz CT molecular complexity index is 974. The highest BCUT2D eigenvalue weighted by Gasteiger charge is 2.52. The molecule has 3 aliphatic carbocycles. The van der Waals surface area contributed by atoms with Gasteiger partial charge in [0.2, 0.25) is 0 Å². The summed E-state index contributed by atoms with van der Waals surface area (Å²) in [4.78, 5) is 0. The number of fused-ring (bicyclic) bond motifs is 3. The number of para-hydroxylation sites is 1. The number of nitrogens with two attached hydrogens (primary N) is 1. The van der Waals surface area contributed by atoms with Crippen LogP contribution in [0.3, 0.4) is 0 Å². The van der Waals surface area contributed by atoms with Gasteiger partial charge in [-0.05, 0) is 65.3 Å². The van der Waals surface area contributed by atoms with Crippen molar-refractivity contribution in [2.45, 2.75) is 53.1 Å². The smallest absolute Gasteiger partial charge is 0.123 e. The van der Waals surface area contributed by atoms with Crippen molar-refractivity contribution in [3.05, 3.63) is 71.7 Å². The van der Waals surface area contributed by atoms with Gasteiger partial charge in [0, 0.05) is 31.6 Å². The van der Waals surface area contributed by atoms with Gasteiger partial charge in [-0.2, -0.15) is 0 Å². The number of halogens is 1. The van der Waals surface area contributed by atoms with Gasteiger partial charge in [-0.15, -0.1) is 0 Å². The molecule has 3 atom stereocenters. The van der Waals surface area contributed by atoms with E-state index in [9.17, 15) is 4.39 Å². The first kappa shape index (κ1) is 20.2. The second-order valence-electron chi connectivity index (χ2n) is 9.55. The highest BCUT2D eigenvalue weighted by atomic mass is 19.1. The topological polar surface area (TPSA) is 30.9 Å². The number of hydrogen-bond acceptors (Lipinski definition) is 1. The van der Waals surface area contributed by atoms with E-state index >= 15 is 0 Å². The number of benzene rings is 2. The third-order valence-electron chi connectivity index (χ3n) is 7.56. The zero-order valence-electron chi connectivity index (χ0n) is 17.9. The summed E-state index contributed by atoms with van der Waals surface area (Å²) in [5.41, 5.74) is 9.86. The Morgan fingerprint density at radius 3 is 2.41 bits per heavy atom. The molecule has 6 rings (SSSR count). The SMILES string of the molecule is C[C@H]1CC[C@@H]2C[C@H]1C2(C)C.NCc1cn(Cc2ccc(F)cc2)c2ccccc12.[HH]. The normalized spacial score (nSPS) is 24.5. The number of aromatic nitrogens is 1. The minimum absolute atomic E-state index is 0. The Morgan fingerprint density at radius 2 is 1.83 bits per heavy atom. The molecule has 3 saturated carbocycles. The maximum atomic E-state index is 12.9. The Balaban J connectivity index is 0.000000197. The molecule has 2 nitrogen and oxygen atoms in total. The molecule has 2 N–H and O–H groups in total. The van der Waals surface area contributed by atoms with Crippen molar-refractivity contribution in [1.29, 1.82) is 0 Å². The lowest BCUT2D eigenvalue weighted by atomic mass is 9.46. The summed E-state index contributed by atoms with van der Waals surface area (Å²) in [5, 5.41) is 1.19. The molecule has 29 heavy (non-hydrogen) atoms. The van der Waals surface area contributed by atoms with E-state index < -0.39 is 0 Å². The summed E-state index contributed by atoms with van der Waals surface area (Å²) in [6, 6.07) is 14.8. The summed E-state index contributed by atoms with van der Waals surface area (Å²) >= 11 is 0. The van der Waals surface area contributed by atoms with Crippen LogP contribution in [0, 0.1) is 29.0 Å². The molecule has 0 unspecified atom stereocenters. The summed E-state index contributed by atoms with van der Waals surface area (Å²) in [6.07, 6.45) is 6.62. The third-order valence-corrected chi connectivity index (χ3v) is 7.56. The largest absolute Gasteiger partial charge is 0.343 e. The van der Waals surface area contributed by atoms with Gasteiger partial charge in [0.05, 0.1) is 0 Å². The molecule has 0 saturated heterocycles. The molecule has 1 aromatic heterocycles. The molecule has 3 aromatic rings.